The first kappa shape index (κ1) is 28.4. The van der Waals surface area contributed by atoms with Gasteiger partial charge in [0, 0.05) is 42.1 Å². The van der Waals surface area contributed by atoms with E-state index in [1.807, 2.05) is 11.8 Å². The standard InChI is InChI=1S/C29H29ClN6O5S/c1-16-24(31)29(15-41-16)8-11-35(12-9-29)25-27(39)34-21(14-32-25)42-19-6-4-5-17(23(19)30)13-18(37)22-26(38)33-20-7-2-3-10-36(20)28(22)40/h2-7,10,14,16,24,38H,8-9,11-13,15,31H2,1H3,(H,34,39)/t16-,24+/m0/s1. The van der Waals surface area contributed by atoms with Gasteiger partial charge in [-0.2, -0.15) is 4.98 Å². The minimum Gasteiger partial charge on any atom is -0.493 e. The molecule has 4 aromatic rings. The number of nitrogens with zero attached hydrogens (tertiary/aromatic N) is 4. The number of carbonyl (C=O) groups is 1. The Bertz CT molecular complexity index is 1800. The lowest BCUT2D eigenvalue weighted by atomic mass is 9.73. The van der Waals surface area contributed by atoms with Gasteiger partial charge in [0.25, 0.3) is 11.1 Å². The fourth-order valence-corrected chi connectivity index (χ4v) is 6.93. The van der Waals surface area contributed by atoms with Gasteiger partial charge in [0.05, 0.1) is 29.0 Å². The van der Waals surface area contributed by atoms with E-state index >= 15 is 0 Å². The van der Waals surface area contributed by atoms with Crippen molar-refractivity contribution in [3.63, 3.8) is 0 Å². The molecule has 5 heterocycles. The highest BCUT2D eigenvalue weighted by molar-refractivity contribution is 7.99. The van der Waals surface area contributed by atoms with E-state index in [9.17, 15) is 19.5 Å². The van der Waals surface area contributed by atoms with Gasteiger partial charge in [-0.1, -0.05) is 41.6 Å². The maximum Gasteiger partial charge on any atom is 0.291 e. The number of halogens is 1. The molecule has 2 atom stereocenters. The number of ether oxygens (including phenoxy) is 1. The van der Waals surface area contributed by atoms with Crippen LogP contribution in [-0.4, -0.2) is 62.1 Å². The third-order valence-corrected chi connectivity index (χ3v) is 9.80. The number of fused-ring (bicyclic) bond motifs is 1. The van der Waals surface area contributed by atoms with Gasteiger partial charge < -0.3 is 25.5 Å². The smallest absolute Gasteiger partial charge is 0.291 e. The molecule has 3 aromatic heterocycles. The Labute approximate surface area is 249 Å². The zero-order valence-electron chi connectivity index (χ0n) is 22.7. The molecule has 0 radical (unpaired) electrons. The largest absolute Gasteiger partial charge is 0.493 e. The Kier molecular flexibility index (Phi) is 7.56. The van der Waals surface area contributed by atoms with Crippen molar-refractivity contribution >= 4 is 40.6 Å². The van der Waals surface area contributed by atoms with Gasteiger partial charge >= 0.3 is 0 Å². The maximum absolute atomic E-state index is 13.1. The SMILES string of the molecule is C[C@@H]1OCC2(CCN(c3ncc(Sc4cccc(CC(=O)c5c(O)nc6ccccn6c5=O)c4Cl)[nH]c3=O)CC2)[C@@H]1N. The van der Waals surface area contributed by atoms with Crippen LogP contribution in [0.1, 0.15) is 35.7 Å². The Balaban J connectivity index is 1.17. The number of benzene rings is 1. The molecular weight excluding hydrogens is 580 g/mol. The Morgan fingerprint density at radius 2 is 2.02 bits per heavy atom. The summed E-state index contributed by atoms with van der Waals surface area (Å²) in [6.45, 7) is 3.98. The number of piperidine rings is 1. The molecule has 0 saturated carbocycles. The predicted molar refractivity (Wildman–Crippen MR) is 159 cm³/mol. The molecule has 0 aliphatic carbocycles. The van der Waals surface area contributed by atoms with Crippen LogP contribution in [0.2, 0.25) is 5.02 Å². The van der Waals surface area contributed by atoms with E-state index in [1.165, 1.54) is 22.4 Å². The lowest BCUT2D eigenvalue weighted by Crippen LogP contribution is -2.51. The molecule has 0 amide bonds. The first-order chi connectivity index (χ1) is 20.2. The third kappa shape index (κ3) is 5.08. The number of carbonyl (C=O) groups excluding carboxylic acids is 1. The van der Waals surface area contributed by atoms with Gasteiger partial charge in [-0.15, -0.1) is 0 Å². The number of hydrogen-bond acceptors (Lipinski definition) is 10. The molecule has 1 aromatic carbocycles. The van der Waals surface area contributed by atoms with Gasteiger partial charge in [-0.3, -0.25) is 18.8 Å². The van der Waals surface area contributed by atoms with E-state index in [4.69, 9.17) is 22.1 Å². The van der Waals surface area contributed by atoms with E-state index in [0.29, 0.717) is 46.0 Å². The van der Waals surface area contributed by atoms with Gasteiger partial charge in [0.1, 0.15) is 11.2 Å². The Hall–Kier alpha value is -3.71. The van der Waals surface area contributed by atoms with Crippen molar-refractivity contribution in [3.8, 4) is 5.88 Å². The number of H-pyrrole nitrogens is 1. The first-order valence-corrected chi connectivity index (χ1v) is 14.8. The average Bonchev–Trinajstić information content (AvgIpc) is 3.24. The fraction of sp³-hybridized carbons (Fsp3) is 0.345. The van der Waals surface area contributed by atoms with E-state index in [0.717, 1.165) is 12.8 Å². The van der Waals surface area contributed by atoms with Crippen molar-refractivity contribution < 1.29 is 14.6 Å². The summed E-state index contributed by atoms with van der Waals surface area (Å²) in [5, 5.41) is 11.1. The van der Waals surface area contributed by atoms with E-state index < -0.39 is 22.8 Å². The summed E-state index contributed by atoms with van der Waals surface area (Å²) >= 11 is 7.87. The van der Waals surface area contributed by atoms with Crippen molar-refractivity contribution in [3.05, 3.63) is 85.6 Å². The summed E-state index contributed by atoms with van der Waals surface area (Å²) in [6.07, 6.45) is 4.53. The third-order valence-electron chi connectivity index (χ3n) is 8.26. The predicted octanol–water partition coefficient (Wildman–Crippen LogP) is 3.05. The normalized spacial score (nSPS) is 19.9. The van der Waals surface area contributed by atoms with Crippen molar-refractivity contribution in [1.82, 2.24) is 19.4 Å². The van der Waals surface area contributed by atoms with Crippen LogP contribution in [0.15, 0.2) is 68.3 Å². The van der Waals surface area contributed by atoms with Crippen LogP contribution in [-0.2, 0) is 11.2 Å². The summed E-state index contributed by atoms with van der Waals surface area (Å²) in [5.41, 5.74) is 5.68. The summed E-state index contributed by atoms with van der Waals surface area (Å²) < 4.78 is 7.00. The van der Waals surface area contributed by atoms with Crippen LogP contribution in [0.3, 0.4) is 0 Å². The second kappa shape index (κ2) is 11.2. The lowest BCUT2D eigenvalue weighted by Gasteiger charge is -2.41. The van der Waals surface area contributed by atoms with Crippen LogP contribution in [0.5, 0.6) is 5.88 Å². The first-order valence-electron chi connectivity index (χ1n) is 13.6. The molecule has 2 aliphatic rings. The monoisotopic (exact) mass is 608 g/mol. The molecule has 6 rings (SSSR count). The van der Waals surface area contributed by atoms with Gasteiger partial charge in [0.15, 0.2) is 11.6 Å². The van der Waals surface area contributed by atoms with Crippen LogP contribution in [0, 0.1) is 5.41 Å². The molecule has 11 nitrogen and oxygen atoms in total. The number of hydrogen-bond donors (Lipinski definition) is 3. The van der Waals surface area contributed by atoms with E-state index in [-0.39, 0.29) is 35.2 Å². The molecule has 0 unspecified atom stereocenters. The maximum atomic E-state index is 13.1. The number of nitrogens with one attached hydrogen (secondary N) is 1. The average molecular weight is 609 g/mol. The van der Waals surface area contributed by atoms with Gasteiger partial charge in [-0.05, 0) is 43.5 Å². The fourth-order valence-electron chi connectivity index (χ4n) is 5.77. The van der Waals surface area contributed by atoms with Crippen LogP contribution < -0.4 is 21.8 Å². The molecular formula is C29H29ClN6O5S. The number of nitrogens with two attached hydrogens (primary N) is 1. The van der Waals surface area contributed by atoms with Crippen LogP contribution >= 0.6 is 23.4 Å². The number of rotatable bonds is 6. The minimum atomic E-state index is -0.661. The zero-order valence-corrected chi connectivity index (χ0v) is 24.3. The Morgan fingerprint density at radius 1 is 1.24 bits per heavy atom. The highest BCUT2D eigenvalue weighted by Gasteiger charge is 2.47. The quantitative estimate of drug-likeness (QED) is 0.278. The highest BCUT2D eigenvalue weighted by atomic mass is 35.5. The van der Waals surface area contributed by atoms with E-state index in [1.54, 1.807) is 42.6 Å². The summed E-state index contributed by atoms with van der Waals surface area (Å²) in [5.74, 6) is -0.885. The molecule has 218 valence electrons. The topological polar surface area (TPSA) is 156 Å². The van der Waals surface area contributed by atoms with Gasteiger partial charge in [-0.25, -0.2) is 4.98 Å². The number of aromatic amines is 1. The molecule has 2 fully saturated rings. The second-order valence-corrected chi connectivity index (χ2v) is 12.2. The molecule has 4 N–H and O–H groups in total. The molecule has 2 saturated heterocycles. The molecule has 1 spiro atoms. The Morgan fingerprint density at radius 3 is 2.74 bits per heavy atom. The van der Waals surface area contributed by atoms with Crippen LogP contribution in [0.4, 0.5) is 5.82 Å². The number of anilines is 1. The second-order valence-electron chi connectivity index (χ2n) is 10.8. The van der Waals surface area contributed by atoms with Crippen molar-refractivity contribution in [2.45, 2.75) is 48.3 Å². The van der Waals surface area contributed by atoms with Gasteiger partial charge in [0.2, 0.25) is 5.88 Å². The molecule has 42 heavy (non-hydrogen) atoms. The summed E-state index contributed by atoms with van der Waals surface area (Å²) in [7, 11) is 0. The van der Waals surface area contributed by atoms with Crippen molar-refractivity contribution in [2.24, 2.45) is 11.1 Å². The van der Waals surface area contributed by atoms with Crippen molar-refractivity contribution in [2.75, 3.05) is 24.6 Å². The summed E-state index contributed by atoms with van der Waals surface area (Å²) in [6, 6.07) is 10.0. The summed E-state index contributed by atoms with van der Waals surface area (Å²) in [4.78, 5) is 52.9. The molecule has 0 bridgehead atoms. The van der Waals surface area contributed by atoms with Crippen LogP contribution in [0.25, 0.3) is 5.65 Å². The number of Topliss-reactive ketones (excluding diaryl/α,β-unsaturated/α-hetero) is 1. The molecule has 2 aliphatic heterocycles. The van der Waals surface area contributed by atoms with E-state index in [2.05, 4.69) is 15.0 Å². The number of pyridine rings is 1. The molecule has 13 heteroatoms. The number of aromatic hydroxyl groups is 1. The number of ketones is 1. The minimum absolute atomic E-state index is 0.0170. The highest BCUT2D eigenvalue weighted by Crippen LogP contribution is 2.41. The number of aromatic nitrogens is 4. The van der Waals surface area contributed by atoms with Crippen molar-refractivity contribution in [1.29, 1.82) is 0 Å². The lowest BCUT2D eigenvalue weighted by molar-refractivity contribution is 0.0973. The zero-order chi connectivity index (χ0) is 29.6.